The number of para-hydroxylation sites is 1. The van der Waals surface area contributed by atoms with E-state index in [1.165, 1.54) is 24.3 Å². The van der Waals surface area contributed by atoms with Crippen LogP contribution < -0.4 is 15.5 Å². The fraction of sp³-hybridized carbons (Fsp3) is 0.353. The Morgan fingerprint density at radius 3 is 2.43 bits per heavy atom. The third kappa shape index (κ3) is 7.43. The number of nitrogens with one attached hydrogen (secondary N) is 2. The van der Waals surface area contributed by atoms with Crippen molar-refractivity contribution in [2.75, 3.05) is 56.0 Å². The maximum atomic E-state index is 14.1. The van der Waals surface area contributed by atoms with E-state index < -0.39 is 44.0 Å². The quantitative estimate of drug-likeness (QED) is 0.190. The summed E-state index contributed by atoms with van der Waals surface area (Å²) in [6.07, 6.45) is 0.965. The molecule has 2 saturated heterocycles. The molecule has 47 heavy (non-hydrogen) atoms. The number of fused-ring (bicyclic) bond motifs is 1. The van der Waals surface area contributed by atoms with Gasteiger partial charge in [-0.1, -0.05) is 42.5 Å². The third-order valence-corrected chi connectivity index (χ3v) is 10.8. The monoisotopic (exact) mass is 657 g/mol. The Bertz CT molecular complexity index is 1860. The van der Waals surface area contributed by atoms with E-state index in [1.54, 1.807) is 6.07 Å². The van der Waals surface area contributed by atoms with Gasteiger partial charge in [0, 0.05) is 69.0 Å². The number of carbonyl (C=O) groups excluding carboxylic acids is 1. The van der Waals surface area contributed by atoms with Crippen LogP contribution in [0.2, 0.25) is 0 Å². The van der Waals surface area contributed by atoms with Crippen molar-refractivity contribution in [2.24, 2.45) is 0 Å². The van der Waals surface area contributed by atoms with Gasteiger partial charge in [0.2, 0.25) is 5.91 Å². The molecule has 1 amide bonds. The van der Waals surface area contributed by atoms with Crippen molar-refractivity contribution in [2.45, 2.75) is 37.2 Å². The van der Waals surface area contributed by atoms with Crippen LogP contribution in [0, 0.1) is 17.0 Å². The SMILES string of the molecule is Cc1cc(N2CCNCC2)nc2ccc(NC(=O)CN(C3CCN(Cc4ccccc4)CC3)S(=O)(=O)c3ccccc3[N+](=O)[O-])cc12. The van der Waals surface area contributed by atoms with E-state index in [2.05, 4.69) is 32.6 Å². The van der Waals surface area contributed by atoms with Crippen LogP contribution in [0.5, 0.6) is 0 Å². The molecular weight excluding hydrogens is 618 g/mol. The van der Waals surface area contributed by atoms with Gasteiger partial charge in [-0.05, 0) is 61.2 Å². The molecule has 2 fully saturated rings. The largest absolute Gasteiger partial charge is 0.354 e. The molecule has 12 nitrogen and oxygen atoms in total. The highest BCUT2D eigenvalue weighted by atomic mass is 32.2. The summed E-state index contributed by atoms with van der Waals surface area (Å²) in [7, 11) is -4.40. The number of nitrogens with zero attached hydrogens (tertiary/aromatic N) is 5. The Morgan fingerprint density at radius 1 is 1.00 bits per heavy atom. The van der Waals surface area contributed by atoms with Crippen LogP contribution in [0.25, 0.3) is 10.9 Å². The minimum atomic E-state index is -4.40. The zero-order chi connectivity index (χ0) is 33.0. The van der Waals surface area contributed by atoms with Gasteiger partial charge >= 0.3 is 0 Å². The summed E-state index contributed by atoms with van der Waals surface area (Å²) < 4.78 is 29.4. The van der Waals surface area contributed by atoms with Crippen molar-refractivity contribution < 1.29 is 18.1 Å². The number of rotatable bonds is 10. The van der Waals surface area contributed by atoms with E-state index in [-0.39, 0.29) is 0 Å². The molecule has 2 aliphatic heterocycles. The zero-order valence-electron chi connectivity index (χ0n) is 26.3. The number of hydrogen-bond acceptors (Lipinski definition) is 9. The highest BCUT2D eigenvalue weighted by molar-refractivity contribution is 7.89. The topological polar surface area (TPSA) is 141 Å². The number of piperidine rings is 1. The van der Waals surface area contributed by atoms with Gasteiger partial charge in [0.15, 0.2) is 4.90 Å². The fourth-order valence-electron chi connectivity index (χ4n) is 6.42. The van der Waals surface area contributed by atoms with Crippen LogP contribution in [0.4, 0.5) is 17.2 Å². The third-order valence-electron chi connectivity index (χ3n) is 8.89. The second-order valence-corrected chi connectivity index (χ2v) is 13.9. The maximum absolute atomic E-state index is 14.1. The zero-order valence-corrected chi connectivity index (χ0v) is 27.2. The van der Waals surface area contributed by atoms with Crippen LogP contribution in [-0.4, -0.2) is 85.3 Å². The van der Waals surface area contributed by atoms with Crippen molar-refractivity contribution in [1.29, 1.82) is 0 Å². The molecule has 4 aromatic rings. The first-order valence-electron chi connectivity index (χ1n) is 15.9. The van der Waals surface area contributed by atoms with Crippen molar-refractivity contribution in [1.82, 2.24) is 19.5 Å². The van der Waals surface area contributed by atoms with Crippen molar-refractivity contribution >= 4 is 44.0 Å². The van der Waals surface area contributed by atoms with Gasteiger partial charge in [0.25, 0.3) is 15.7 Å². The van der Waals surface area contributed by atoms with Crippen LogP contribution in [-0.2, 0) is 21.4 Å². The number of sulfonamides is 1. The maximum Gasteiger partial charge on any atom is 0.289 e. The van der Waals surface area contributed by atoms with Crippen molar-refractivity contribution in [3.05, 3.63) is 100 Å². The number of amides is 1. The molecule has 3 heterocycles. The summed E-state index contributed by atoms with van der Waals surface area (Å²) in [5.41, 5.74) is 2.98. The number of pyridine rings is 1. The second kappa shape index (κ2) is 14.1. The lowest BCUT2D eigenvalue weighted by Crippen LogP contribution is -2.49. The Labute approximate surface area is 274 Å². The van der Waals surface area contributed by atoms with Crippen LogP contribution >= 0.6 is 0 Å². The van der Waals surface area contributed by atoms with Gasteiger partial charge in [-0.2, -0.15) is 4.31 Å². The number of aromatic nitrogens is 1. The summed E-state index contributed by atoms with van der Waals surface area (Å²) in [5, 5.41) is 18.9. The number of nitro groups is 1. The molecule has 0 atom stereocenters. The standard InChI is InChI=1S/C34H39N7O5S/c1-25-21-33(39-19-15-35-16-20-39)37-30-12-11-27(22-29(25)30)36-34(42)24-40(47(45,46)32-10-6-5-9-31(32)41(43)44)28-13-17-38(18-14-28)23-26-7-3-2-4-8-26/h2-12,21-22,28,35H,13-20,23-24H2,1H3,(H,36,42). The van der Waals surface area contributed by atoms with Gasteiger partial charge in [-0.3, -0.25) is 19.8 Å². The minimum absolute atomic E-state index is 0.419. The molecule has 2 N–H and O–H groups in total. The first-order chi connectivity index (χ1) is 22.7. The first-order valence-corrected chi connectivity index (χ1v) is 17.3. The van der Waals surface area contributed by atoms with E-state index in [0.717, 1.165) is 64.9 Å². The molecule has 2 aliphatic rings. The number of nitro benzene ring substituents is 1. The van der Waals surface area contributed by atoms with Crippen LogP contribution in [0.1, 0.15) is 24.0 Å². The number of aryl methyl sites for hydroxylation is 1. The van der Waals surface area contributed by atoms with Crippen LogP contribution in [0.3, 0.4) is 0 Å². The molecule has 0 bridgehead atoms. The molecule has 0 unspecified atom stereocenters. The average molecular weight is 658 g/mol. The number of benzene rings is 3. The molecule has 6 rings (SSSR count). The lowest BCUT2D eigenvalue weighted by Gasteiger charge is -2.37. The number of anilines is 2. The molecule has 13 heteroatoms. The smallest absolute Gasteiger partial charge is 0.289 e. The van der Waals surface area contributed by atoms with Gasteiger partial charge in [0.1, 0.15) is 5.82 Å². The molecule has 3 aromatic carbocycles. The van der Waals surface area contributed by atoms with E-state index in [1.807, 2.05) is 43.3 Å². The van der Waals surface area contributed by atoms with E-state index in [9.17, 15) is 23.3 Å². The summed E-state index contributed by atoms with van der Waals surface area (Å²) in [4.78, 5) is 33.6. The summed E-state index contributed by atoms with van der Waals surface area (Å²) in [6.45, 7) is 7.07. The number of carbonyl (C=O) groups is 1. The molecule has 0 aliphatic carbocycles. The Morgan fingerprint density at radius 2 is 1.70 bits per heavy atom. The Balaban J connectivity index is 1.22. The van der Waals surface area contributed by atoms with Gasteiger partial charge in [-0.15, -0.1) is 0 Å². The summed E-state index contributed by atoms with van der Waals surface area (Å²) in [5.74, 6) is 0.389. The predicted molar refractivity (Wildman–Crippen MR) is 182 cm³/mol. The van der Waals surface area contributed by atoms with E-state index in [0.29, 0.717) is 31.6 Å². The highest BCUT2D eigenvalue weighted by Gasteiger charge is 2.38. The molecule has 0 saturated carbocycles. The summed E-state index contributed by atoms with van der Waals surface area (Å²) in [6, 6.07) is 22.3. The Hall–Kier alpha value is -4.43. The van der Waals surface area contributed by atoms with Crippen molar-refractivity contribution in [3.8, 4) is 0 Å². The van der Waals surface area contributed by atoms with Gasteiger partial charge in [0.05, 0.1) is 17.0 Å². The lowest BCUT2D eigenvalue weighted by molar-refractivity contribution is -0.387. The van der Waals surface area contributed by atoms with E-state index in [4.69, 9.17) is 4.98 Å². The average Bonchev–Trinajstić information content (AvgIpc) is 3.08. The highest BCUT2D eigenvalue weighted by Crippen LogP contribution is 2.31. The van der Waals surface area contributed by atoms with E-state index >= 15 is 0 Å². The minimum Gasteiger partial charge on any atom is -0.354 e. The van der Waals surface area contributed by atoms with Crippen LogP contribution in [0.15, 0.2) is 83.8 Å². The summed E-state index contributed by atoms with van der Waals surface area (Å²) >= 11 is 0. The number of hydrogen-bond donors (Lipinski definition) is 2. The normalized spacial score (nSPS) is 16.4. The lowest BCUT2D eigenvalue weighted by atomic mass is 10.0. The van der Waals surface area contributed by atoms with Crippen molar-refractivity contribution in [3.63, 3.8) is 0 Å². The molecule has 1 aromatic heterocycles. The second-order valence-electron chi connectivity index (χ2n) is 12.1. The molecule has 246 valence electrons. The molecule has 0 radical (unpaired) electrons. The number of piperazine rings is 1. The van der Waals surface area contributed by atoms with Gasteiger partial charge < -0.3 is 15.5 Å². The Kier molecular flexibility index (Phi) is 9.78. The molecular formula is C34H39N7O5S. The van der Waals surface area contributed by atoms with Gasteiger partial charge in [-0.25, -0.2) is 13.4 Å². The first kappa shape index (κ1) is 32.5. The fourth-order valence-corrected chi connectivity index (χ4v) is 8.22. The predicted octanol–water partition coefficient (Wildman–Crippen LogP) is 4.16. The molecule has 0 spiro atoms. The number of likely N-dealkylation sites (tertiary alicyclic amines) is 1.